The first kappa shape index (κ1) is 24.9. The molecule has 1 saturated carbocycles. The Morgan fingerprint density at radius 1 is 1.13 bits per heavy atom. The minimum Gasteiger partial charge on any atom is -0.508 e. The van der Waals surface area contributed by atoms with Crippen LogP contribution in [-0.2, 0) is 25.5 Å². The van der Waals surface area contributed by atoms with E-state index in [4.69, 9.17) is 10.5 Å². The second kappa shape index (κ2) is 8.82. The second-order valence-corrected chi connectivity index (χ2v) is 10.9. The zero-order valence-corrected chi connectivity index (χ0v) is 20.8. The smallest absolute Gasteiger partial charge is 0.255 e. The molecule has 5 aliphatic rings. The first-order valence-electron chi connectivity index (χ1n) is 13.1. The number of fused-ring (bicyclic) bond motifs is 3. The fourth-order valence-corrected chi connectivity index (χ4v) is 6.82. The van der Waals surface area contributed by atoms with Crippen molar-refractivity contribution in [3.05, 3.63) is 40.2 Å². The zero-order chi connectivity index (χ0) is 26.9. The van der Waals surface area contributed by atoms with Gasteiger partial charge in [-0.3, -0.25) is 14.4 Å². The van der Waals surface area contributed by atoms with Gasteiger partial charge in [0.05, 0.1) is 11.6 Å². The normalized spacial score (nSPS) is 31.5. The van der Waals surface area contributed by atoms with Gasteiger partial charge in [0.25, 0.3) is 5.91 Å². The number of phenolic OH excluding ortho intramolecular Hbond substituents is 1. The van der Waals surface area contributed by atoms with E-state index in [0.717, 1.165) is 25.2 Å². The summed E-state index contributed by atoms with van der Waals surface area (Å²) in [5.41, 5.74) is 3.50. The molecule has 1 aromatic rings. The van der Waals surface area contributed by atoms with Crippen molar-refractivity contribution in [1.29, 1.82) is 0 Å². The molecule has 3 fully saturated rings. The highest BCUT2D eigenvalue weighted by atomic mass is 16.5. The molecule has 0 radical (unpaired) electrons. The number of carbonyl (C=O) groups is 3. The van der Waals surface area contributed by atoms with E-state index in [9.17, 15) is 34.8 Å². The molecular formula is C27H31N3O8. The summed E-state index contributed by atoms with van der Waals surface area (Å²) >= 11 is 0. The maximum Gasteiger partial charge on any atom is 0.255 e. The van der Waals surface area contributed by atoms with Gasteiger partial charge in [0.1, 0.15) is 22.8 Å². The Labute approximate surface area is 218 Å². The maximum absolute atomic E-state index is 14.0. The van der Waals surface area contributed by atoms with Crippen molar-refractivity contribution in [2.75, 3.05) is 31.2 Å². The van der Waals surface area contributed by atoms with Gasteiger partial charge in [-0.15, -0.1) is 0 Å². The van der Waals surface area contributed by atoms with Crippen LogP contribution in [0.3, 0.4) is 0 Å². The van der Waals surface area contributed by atoms with Crippen LogP contribution in [0.25, 0.3) is 5.76 Å². The highest BCUT2D eigenvalue weighted by Crippen LogP contribution is 2.53. The Balaban J connectivity index is 1.48. The summed E-state index contributed by atoms with van der Waals surface area (Å²) < 4.78 is 5.40. The molecule has 38 heavy (non-hydrogen) atoms. The molecule has 11 heteroatoms. The molecule has 11 nitrogen and oxygen atoms in total. The van der Waals surface area contributed by atoms with Crippen molar-refractivity contribution in [3.63, 3.8) is 0 Å². The number of phenols is 1. The number of Topliss-reactive ketones (excluding diaryl/α,β-unsaturated/α-hetero) is 2. The highest BCUT2D eigenvalue weighted by molar-refractivity contribution is 6.24. The van der Waals surface area contributed by atoms with Gasteiger partial charge in [-0.1, -0.05) is 0 Å². The third kappa shape index (κ3) is 3.41. The fraction of sp³-hybridized carbons (Fsp3) is 0.519. The number of rotatable bonds is 4. The van der Waals surface area contributed by atoms with Gasteiger partial charge < -0.3 is 41.1 Å². The molecule has 0 spiro atoms. The minimum absolute atomic E-state index is 0.0684. The van der Waals surface area contributed by atoms with Crippen LogP contribution in [0.4, 0.5) is 5.69 Å². The number of primary amides is 1. The van der Waals surface area contributed by atoms with Crippen LogP contribution in [0.15, 0.2) is 29.0 Å². The van der Waals surface area contributed by atoms with Crippen molar-refractivity contribution in [3.8, 4) is 5.75 Å². The van der Waals surface area contributed by atoms with Crippen LogP contribution in [0, 0.1) is 11.8 Å². The molecule has 202 valence electrons. The lowest BCUT2D eigenvalue weighted by molar-refractivity contribution is -0.150. The number of ether oxygens (including phenoxy) is 1. The maximum atomic E-state index is 14.0. The monoisotopic (exact) mass is 525 g/mol. The third-order valence-corrected chi connectivity index (χ3v) is 8.89. The summed E-state index contributed by atoms with van der Waals surface area (Å²) in [6.07, 6.45) is 2.56. The van der Waals surface area contributed by atoms with Gasteiger partial charge in [0.15, 0.2) is 11.4 Å². The Hall–Kier alpha value is -3.41. The zero-order valence-electron chi connectivity index (χ0n) is 20.8. The summed E-state index contributed by atoms with van der Waals surface area (Å²) in [6.45, 7) is 2.61. The Morgan fingerprint density at radius 3 is 2.47 bits per heavy atom. The fourth-order valence-electron chi connectivity index (χ4n) is 6.82. The van der Waals surface area contributed by atoms with Crippen molar-refractivity contribution in [2.24, 2.45) is 17.6 Å². The number of ketones is 2. The van der Waals surface area contributed by atoms with Gasteiger partial charge in [0, 0.05) is 49.5 Å². The third-order valence-electron chi connectivity index (χ3n) is 8.89. The van der Waals surface area contributed by atoms with Crippen molar-refractivity contribution in [1.82, 2.24) is 5.32 Å². The van der Waals surface area contributed by atoms with Crippen LogP contribution in [-0.4, -0.2) is 81.9 Å². The van der Waals surface area contributed by atoms with E-state index in [1.54, 1.807) is 6.07 Å². The average Bonchev–Trinajstić information content (AvgIpc) is 2.85. The lowest BCUT2D eigenvalue weighted by atomic mass is 9.57. The SMILES string of the molecule is NC(=O)C1=C(O)C2(O)C(=O)C3=C(O)c4c(O)ccc(N5CCC5)c4CC3CC2C(NC2CCOCC2)C1=O. The summed E-state index contributed by atoms with van der Waals surface area (Å²) in [5.74, 6) is -6.47. The quantitative estimate of drug-likeness (QED) is 0.301. The number of hydrogen-bond acceptors (Lipinski definition) is 10. The first-order chi connectivity index (χ1) is 18.1. The number of anilines is 1. The van der Waals surface area contributed by atoms with E-state index in [-0.39, 0.29) is 29.3 Å². The molecule has 4 atom stereocenters. The lowest BCUT2D eigenvalue weighted by Gasteiger charge is -2.50. The number of nitrogens with zero attached hydrogens (tertiary/aromatic N) is 1. The standard InChI is InChI=1S/C27H31N3O8/c28-26(36)20-23(33)21(29-13-4-8-38-9-5-13)15-11-12-10-14-16(30-6-1-7-30)2-3-17(31)19(14)22(32)18(12)24(34)27(15,37)25(20)35/h2-3,12-13,15,21,29,31-32,35,37H,1,4-11H2,(H2,28,36). The van der Waals surface area contributed by atoms with E-state index >= 15 is 0 Å². The number of aliphatic hydroxyl groups excluding tert-OH is 2. The molecular weight excluding hydrogens is 494 g/mol. The van der Waals surface area contributed by atoms with Gasteiger partial charge in [0.2, 0.25) is 5.78 Å². The summed E-state index contributed by atoms with van der Waals surface area (Å²) in [6, 6.07) is 1.93. The van der Waals surface area contributed by atoms with Crippen molar-refractivity contribution >= 4 is 28.9 Å². The number of hydrogen-bond donors (Lipinski definition) is 6. The summed E-state index contributed by atoms with van der Waals surface area (Å²) in [5, 5.41) is 48.1. The summed E-state index contributed by atoms with van der Waals surface area (Å²) in [7, 11) is 0. The van der Waals surface area contributed by atoms with Crippen LogP contribution >= 0.6 is 0 Å². The van der Waals surface area contributed by atoms with E-state index in [2.05, 4.69) is 10.2 Å². The van der Waals surface area contributed by atoms with Crippen LogP contribution in [0.1, 0.15) is 36.8 Å². The average molecular weight is 526 g/mol. The predicted octanol–water partition coefficient (Wildman–Crippen LogP) is 0.381. The van der Waals surface area contributed by atoms with E-state index < -0.39 is 58.0 Å². The topological polar surface area (TPSA) is 183 Å². The summed E-state index contributed by atoms with van der Waals surface area (Å²) in [4.78, 5) is 41.8. The minimum atomic E-state index is -2.65. The van der Waals surface area contributed by atoms with E-state index in [0.29, 0.717) is 38.0 Å². The number of amides is 1. The molecule has 7 N–H and O–H groups in total. The van der Waals surface area contributed by atoms with E-state index in [1.165, 1.54) is 6.07 Å². The van der Waals surface area contributed by atoms with Crippen LogP contribution in [0.5, 0.6) is 5.75 Å². The van der Waals surface area contributed by atoms with Crippen molar-refractivity contribution < 1.29 is 39.5 Å². The van der Waals surface area contributed by atoms with Crippen molar-refractivity contribution in [2.45, 2.75) is 49.8 Å². The molecule has 4 unspecified atom stereocenters. The number of benzene rings is 1. The number of nitrogens with one attached hydrogen (secondary N) is 1. The van der Waals surface area contributed by atoms with E-state index in [1.807, 2.05) is 0 Å². The molecule has 2 heterocycles. The Kier molecular flexibility index (Phi) is 5.78. The van der Waals surface area contributed by atoms with Gasteiger partial charge in [-0.25, -0.2) is 0 Å². The van der Waals surface area contributed by atoms with Gasteiger partial charge in [-0.2, -0.15) is 0 Å². The molecule has 6 rings (SSSR count). The molecule has 0 aromatic heterocycles. The van der Waals surface area contributed by atoms with Gasteiger partial charge >= 0.3 is 0 Å². The second-order valence-electron chi connectivity index (χ2n) is 10.9. The molecule has 1 amide bonds. The molecule has 0 bridgehead atoms. The lowest BCUT2D eigenvalue weighted by Crippen LogP contribution is -2.67. The van der Waals surface area contributed by atoms with Crippen LogP contribution in [0.2, 0.25) is 0 Å². The molecule has 1 aromatic carbocycles. The number of aliphatic hydroxyl groups is 3. The first-order valence-corrected chi connectivity index (χ1v) is 13.1. The molecule has 2 aliphatic heterocycles. The Morgan fingerprint density at radius 2 is 1.84 bits per heavy atom. The number of nitrogens with two attached hydrogens (primary N) is 1. The molecule has 2 saturated heterocycles. The molecule has 3 aliphatic carbocycles. The Bertz CT molecular complexity index is 1310. The number of carbonyl (C=O) groups excluding carboxylic acids is 3. The van der Waals surface area contributed by atoms with Crippen LogP contribution < -0.4 is 16.0 Å². The highest BCUT2D eigenvalue weighted by Gasteiger charge is 2.64. The largest absolute Gasteiger partial charge is 0.508 e. The predicted molar refractivity (Wildman–Crippen MR) is 134 cm³/mol. The van der Waals surface area contributed by atoms with Gasteiger partial charge in [-0.05, 0) is 55.7 Å². The number of aromatic hydroxyl groups is 1.